The number of carbonyl (C=O) groups excluding carboxylic acids is 2. The molecule has 2 amide bonds. The van der Waals surface area contributed by atoms with Crippen molar-refractivity contribution in [2.45, 2.75) is 26.2 Å². The third-order valence-corrected chi connectivity index (χ3v) is 4.85. The Morgan fingerprint density at radius 2 is 1.93 bits per heavy atom. The van der Waals surface area contributed by atoms with Crippen molar-refractivity contribution in [2.24, 2.45) is 0 Å². The van der Waals surface area contributed by atoms with E-state index in [2.05, 4.69) is 15.5 Å². The van der Waals surface area contributed by atoms with E-state index in [1.54, 1.807) is 30.3 Å². The molecule has 1 aromatic heterocycles. The number of likely N-dealkylation sites (tertiary alicyclic amines) is 1. The van der Waals surface area contributed by atoms with Crippen LogP contribution in [0.5, 0.6) is 0 Å². The smallest absolute Gasteiger partial charge is 0.267 e. The lowest BCUT2D eigenvalue weighted by Crippen LogP contribution is -2.36. The summed E-state index contributed by atoms with van der Waals surface area (Å²) in [6.45, 7) is 5.69. The van der Waals surface area contributed by atoms with Gasteiger partial charge in [-0.05, 0) is 69.6 Å². The monoisotopic (exact) mass is 381 g/mol. The van der Waals surface area contributed by atoms with Crippen LogP contribution in [0.15, 0.2) is 52.8 Å². The molecule has 2 aromatic rings. The second-order valence-corrected chi connectivity index (χ2v) is 7.00. The Bertz CT molecular complexity index is 821. The van der Waals surface area contributed by atoms with Crippen molar-refractivity contribution in [1.29, 1.82) is 0 Å². The fourth-order valence-electron chi connectivity index (χ4n) is 3.30. The van der Waals surface area contributed by atoms with E-state index in [4.69, 9.17) is 4.42 Å². The Morgan fingerprint density at radius 1 is 1.14 bits per heavy atom. The van der Waals surface area contributed by atoms with Crippen LogP contribution in [0.25, 0.3) is 6.08 Å². The Balaban J connectivity index is 1.62. The van der Waals surface area contributed by atoms with Crippen LogP contribution < -0.4 is 10.6 Å². The fourth-order valence-corrected chi connectivity index (χ4v) is 3.30. The van der Waals surface area contributed by atoms with E-state index < -0.39 is 0 Å². The van der Waals surface area contributed by atoms with E-state index in [0.29, 0.717) is 17.9 Å². The third kappa shape index (κ3) is 5.57. The van der Waals surface area contributed by atoms with Gasteiger partial charge in [0.2, 0.25) is 0 Å². The Hall–Kier alpha value is -2.86. The highest BCUT2D eigenvalue weighted by atomic mass is 16.3. The second kappa shape index (κ2) is 9.90. The molecule has 0 aliphatic carbocycles. The molecule has 1 aliphatic rings. The number of amides is 2. The van der Waals surface area contributed by atoms with Crippen LogP contribution >= 0.6 is 0 Å². The average molecular weight is 381 g/mol. The normalized spacial score (nSPS) is 14.8. The molecule has 1 saturated heterocycles. The van der Waals surface area contributed by atoms with Gasteiger partial charge in [0, 0.05) is 18.2 Å². The summed E-state index contributed by atoms with van der Waals surface area (Å²) >= 11 is 0. The van der Waals surface area contributed by atoms with E-state index in [9.17, 15) is 9.59 Å². The van der Waals surface area contributed by atoms with Gasteiger partial charge >= 0.3 is 0 Å². The molecule has 0 radical (unpaired) electrons. The average Bonchev–Trinajstić information content (AvgIpc) is 3.39. The van der Waals surface area contributed by atoms with Gasteiger partial charge in [0.15, 0.2) is 0 Å². The van der Waals surface area contributed by atoms with Crippen molar-refractivity contribution in [1.82, 2.24) is 15.5 Å². The van der Waals surface area contributed by atoms with Gasteiger partial charge in [-0.15, -0.1) is 0 Å². The number of rotatable bonds is 8. The summed E-state index contributed by atoms with van der Waals surface area (Å²) in [6.07, 6.45) is 6.47. The lowest BCUT2D eigenvalue weighted by atomic mass is 10.1. The fraction of sp³-hybridized carbons (Fsp3) is 0.364. The topological polar surface area (TPSA) is 74.6 Å². The van der Waals surface area contributed by atoms with Crippen molar-refractivity contribution < 1.29 is 14.0 Å². The maximum Gasteiger partial charge on any atom is 0.267 e. The van der Waals surface area contributed by atoms with Gasteiger partial charge < -0.3 is 20.0 Å². The predicted molar refractivity (Wildman–Crippen MR) is 109 cm³/mol. The first-order valence-corrected chi connectivity index (χ1v) is 9.76. The van der Waals surface area contributed by atoms with Gasteiger partial charge in [-0.1, -0.05) is 18.2 Å². The quantitative estimate of drug-likeness (QED) is 0.545. The summed E-state index contributed by atoms with van der Waals surface area (Å²) in [7, 11) is 0. The maximum atomic E-state index is 12.7. The largest absolute Gasteiger partial charge is 0.465 e. The van der Waals surface area contributed by atoms with Crippen LogP contribution in [0.2, 0.25) is 0 Å². The Labute approximate surface area is 165 Å². The van der Waals surface area contributed by atoms with Crippen LogP contribution in [0.4, 0.5) is 0 Å². The highest BCUT2D eigenvalue weighted by Crippen LogP contribution is 2.11. The minimum Gasteiger partial charge on any atom is -0.465 e. The van der Waals surface area contributed by atoms with Crippen molar-refractivity contribution in [2.75, 3.05) is 26.2 Å². The number of furan rings is 1. The molecule has 1 aromatic carbocycles. The van der Waals surface area contributed by atoms with Crippen molar-refractivity contribution in [3.8, 4) is 0 Å². The minimum absolute atomic E-state index is 0.171. The standard InChI is InChI=1S/C22H27N3O3/c1-17-8-2-3-10-19(17)21(26)24-20(16-18-9-6-15-28-18)22(27)23-11-7-14-25-12-4-5-13-25/h2-3,6,8-10,15-16H,4-5,7,11-14H2,1H3,(H,23,27)(H,24,26)/b20-16-. The van der Waals surface area contributed by atoms with Crippen molar-refractivity contribution >= 4 is 17.9 Å². The molecular formula is C22H27N3O3. The highest BCUT2D eigenvalue weighted by molar-refractivity contribution is 6.05. The molecular weight excluding hydrogens is 354 g/mol. The lowest BCUT2D eigenvalue weighted by molar-refractivity contribution is -0.117. The van der Waals surface area contributed by atoms with Gasteiger partial charge in [0.1, 0.15) is 11.5 Å². The van der Waals surface area contributed by atoms with Gasteiger partial charge in [0.05, 0.1) is 6.26 Å². The number of nitrogens with zero attached hydrogens (tertiary/aromatic N) is 1. The first-order valence-electron chi connectivity index (χ1n) is 9.76. The van der Waals surface area contributed by atoms with E-state index in [1.807, 2.05) is 19.1 Å². The van der Waals surface area contributed by atoms with Gasteiger partial charge in [-0.25, -0.2) is 0 Å². The van der Waals surface area contributed by atoms with E-state index >= 15 is 0 Å². The molecule has 0 unspecified atom stereocenters. The Morgan fingerprint density at radius 3 is 2.64 bits per heavy atom. The zero-order valence-corrected chi connectivity index (χ0v) is 16.2. The molecule has 0 saturated carbocycles. The molecule has 6 nitrogen and oxygen atoms in total. The molecule has 148 valence electrons. The number of carbonyl (C=O) groups is 2. The van der Waals surface area contributed by atoms with Crippen molar-refractivity contribution in [3.05, 3.63) is 65.2 Å². The number of hydrogen-bond acceptors (Lipinski definition) is 4. The summed E-state index contributed by atoms with van der Waals surface area (Å²) in [5, 5.41) is 5.63. The zero-order valence-electron chi connectivity index (χ0n) is 16.2. The predicted octanol–water partition coefficient (Wildman–Crippen LogP) is 2.96. The number of aryl methyl sites for hydroxylation is 1. The van der Waals surface area contributed by atoms with Crippen LogP contribution in [0, 0.1) is 6.92 Å². The molecule has 6 heteroatoms. The summed E-state index contributed by atoms with van der Waals surface area (Å²) in [5.41, 5.74) is 1.56. The number of benzene rings is 1. The van der Waals surface area contributed by atoms with Crippen LogP contribution in [0.3, 0.4) is 0 Å². The summed E-state index contributed by atoms with van der Waals surface area (Å²) < 4.78 is 5.30. The number of nitrogens with one attached hydrogen (secondary N) is 2. The van der Waals surface area contributed by atoms with Crippen LogP contribution in [-0.4, -0.2) is 42.9 Å². The zero-order chi connectivity index (χ0) is 19.8. The first-order chi connectivity index (χ1) is 13.6. The molecule has 0 spiro atoms. The summed E-state index contributed by atoms with van der Waals surface area (Å²) in [5.74, 6) is -0.129. The maximum absolute atomic E-state index is 12.7. The molecule has 0 bridgehead atoms. The van der Waals surface area contributed by atoms with E-state index in [1.165, 1.54) is 19.1 Å². The molecule has 0 atom stereocenters. The van der Waals surface area contributed by atoms with E-state index in [0.717, 1.165) is 31.6 Å². The van der Waals surface area contributed by atoms with Gasteiger partial charge in [-0.3, -0.25) is 9.59 Å². The van der Waals surface area contributed by atoms with Crippen molar-refractivity contribution in [3.63, 3.8) is 0 Å². The second-order valence-electron chi connectivity index (χ2n) is 7.00. The molecule has 1 fully saturated rings. The molecule has 28 heavy (non-hydrogen) atoms. The summed E-state index contributed by atoms with van der Waals surface area (Å²) in [4.78, 5) is 27.7. The molecule has 2 heterocycles. The number of hydrogen-bond donors (Lipinski definition) is 2. The van der Waals surface area contributed by atoms with Crippen LogP contribution in [-0.2, 0) is 4.79 Å². The van der Waals surface area contributed by atoms with E-state index in [-0.39, 0.29) is 17.5 Å². The first kappa shape index (κ1) is 19.9. The third-order valence-electron chi connectivity index (χ3n) is 4.85. The molecule has 3 rings (SSSR count). The molecule has 1 aliphatic heterocycles. The van der Waals surface area contributed by atoms with Gasteiger partial charge in [-0.2, -0.15) is 0 Å². The highest BCUT2D eigenvalue weighted by Gasteiger charge is 2.16. The Kier molecular flexibility index (Phi) is 7.03. The van der Waals surface area contributed by atoms with Crippen LogP contribution in [0.1, 0.15) is 40.9 Å². The molecule has 2 N–H and O–H groups in total. The SMILES string of the molecule is Cc1ccccc1C(=O)N/C(=C\c1ccco1)C(=O)NCCCN1CCCC1. The lowest BCUT2D eigenvalue weighted by Gasteiger charge is -2.15. The van der Waals surface area contributed by atoms with Gasteiger partial charge in [0.25, 0.3) is 11.8 Å². The summed E-state index contributed by atoms with van der Waals surface area (Å²) in [6, 6.07) is 10.8. The minimum atomic E-state index is -0.320.